The van der Waals surface area contributed by atoms with Gasteiger partial charge in [0.05, 0.1) is 11.2 Å². The summed E-state index contributed by atoms with van der Waals surface area (Å²) in [7, 11) is 0. The third-order valence-corrected chi connectivity index (χ3v) is 3.38. The zero-order valence-corrected chi connectivity index (χ0v) is 11.2. The van der Waals surface area contributed by atoms with E-state index in [0.717, 1.165) is 6.07 Å². The van der Waals surface area contributed by atoms with Crippen LogP contribution < -0.4 is 5.32 Å². The normalized spacial score (nSPS) is 11.6. The molecule has 106 valence electrons. The van der Waals surface area contributed by atoms with Crippen LogP contribution in [0, 0.1) is 5.82 Å². The molecule has 0 fully saturated rings. The van der Waals surface area contributed by atoms with Crippen molar-refractivity contribution in [1.29, 1.82) is 0 Å². The third kappa shape index (κ3) is 4.29. The zero-order chi connectivity index (χ0) is 14.5. The van der Waals surface area contributed by atoms with E-state index < -0.39 is 17.4 Å². The van der Waals surface area contributed by atoms with Gasteiger partial charge in [-0.2, -0.15) is 0 Å². The summed E-state index contributed by atoms with van der Waals surface area (Å²) < 4.78 is 13.5. The molecule has 1 aromatic carbocycles. The molecule has 0 atom stereocenters. The fraction of sp³-hybridized carbons (Fsp3) is 0.500. The lowest BCUT2D eigenvalue weighted by Crippen LogP contribution is -2.39. The quantitative estimate of drug-likeness (QED) is 0.709. The largest absolute Gasteiger partial charge is 0.478 e. The summed E-state index contributed by atoms with van der Waals surface area (Å²) >= 11 is 0. The summed E-state index contributed by atoms with van der Waals surface area (Å²) in [6, 6.07) is 3.68. The van der Waals surface area contributed by atoms with Crippen LogP contribution in [0.4, 0.5) is 4.39 Å². The van der Waals surface area contributed by atoms with Crippen molar-refractivity contribution in [1.82, 2.24) is 5.32 Å². The van der Waals surface area contributed by atoms with Crippen LogP contribution in [0.3, 0.4) is 0 Å². The first kappa shape index (κ1) is 15.6. The molecular weight excluding hydrogens is 249 g/mol. The molecule has 1 rings (SSSR count). The molecule has 5 heteroatoms. The molecule has 0 amide bonds. The highest BCUT2D eigenvalue weighted by Gasteiger charge is 2.21. The van der Waals surface area contributed by atoms with Crippen molar-refractivity contribution >= 4 is 5.97 Å². The standard InChI is InChI=1S/C14H20FNO3/c1-3-14(19,4-2)9-16-8-11-7-10(13(17)18)5-6-12(11)15/h5-7,16,19H,3-4,8-9H2,1-2H3,(H,17,18). The van der Waals surface area contributed by atoms with E-state index in [1.165, 1.54) is 12.1 Å². The molecular formula is C14H20FNO3. The van der Waals surface area contributed by atoms with Crippen LogP contribution in [0.2, 0.25) is 0 Å². The van der Waals surface area contributed by atoms with Crippen molar-refractivity contribution in [2.24, 2.45) is 0 Å². The van der Waals surface area contributed by atoms with Crippen LogP contribution in [0.25, 0.3) is 0 Å². The van der Waals surface area contributed by atoms with E-state index in [0.29, 0.717) is 19.4 Å². The van der Waals surface area contributed by atoms with Crippen LogP contribution in [0.15, 0.2) is 18.2 Å². The van der Waals surface area contributed by atoms with Gasteiger partial charge in [-0.05, 0) is 31.0 Å². The van der Waals surface area contributed by atoms with Crippen LogP contribution >= 0.6 is 0 Å². The van der Waals surface area contributed by atoms with Crippen molar-refractivity contribution in [2.75, 3.05) is 6.54 Å². The third-order valence-electron chi connectivity index (χ3n) is 3.38. The lowest BCUT2D eigenvalue weighted by molar-refractivity contribution is 0.0322. The van der Waals surface area contributed by atoms with E-state index in [2.05, 4.69) is 5.32 Å². The van der Waals surface area contributed by atoms with Crippen molar-refractivity contribution < 1.29 is 19.4 Å². The lowest BCUT2D eigenvalue weighted by atomic mass is 9.97. The number of nitrogens with one attached hydrogen (secondary N) is 1. The molecule has 0 aliphatic carbocycles. The van der Waals surface area contributed by atoms with E-state index in [4.69, 9.17) is 5.11 Å². The van der Waals surface area contributed by atoms with E-state index >= 15 is 0 Å². The Balaban J connectivity index is 2.67. The lowest BCUT2D eigenvalue weighted by Gasteiger charge is -2.25. The zero-order valence-electron chi connectivity index (χ0n) is 11.2. The van der Waals surface area contributed by atoms with Gasteiger partial charge in [0.15, 0.2) is 0 Å². The van der Waals surface area contributed by atoms with Crippen LogP contribution in [0.5, 0.6) is 0 Å². The number of aliphatic hydroxyl groups is 1. The molecule has 4 nitrogen and oxygen atoms in total. The van der Waals surface area contributed by atoms with E-state index in [1.807, 2.05) is 13.8 Å². The molecule has 0 heterocycles. The molecule has 1 aromatic rings. The number of carbonyl (C=O) groups is 1. The van der Waals surface area contributed by atoms with E-state index in [9.17, 15) is 14.3 Å². The molecule has 0 aliphatic rings. The summed E-state index contributed by atoms with van der Waals surface area (Å²) in [6.07, 6.45) is 1.21. The number of carboxylic acid groups (broad SMARTS) is 1. The van der Waals surface area contributed by atoms with Crippen LogP contribution in [-0.4, -0.2) is 28.3 Å². The van der Waals surface area contributed by atoms with Gasteiger partial charge in [-0.15, -0.1) is 0 Å². The van der Waals surface area contributed by atoms with Crippen LogP contribution in [0.1, 0.15) is 42.6 Å². The number of hydrogen-bond donors (Lipinski definition) is 3. The number of carboxylic acids is 1. The maximum atomic E-state index is 13.5. The number of rotatable bonds is 7. The van der Waals surface area contributed by atoms with Crippen molar-refractivity contribution in [3.63, 3.8) is 0 Å². The molecule has 3 N–H and O–H groups in total. The molecule has 0 radical (unpaired) electrons. The summed E-state index contributed by atoms with van der Waals surface area (Å²) in [5, 5.41) is 21.9. The number of aromatic carboxylic acids is 1. The first-order valence-corrected chi connectivity index (χ1v) is 6.36. The Bertz CT molecular complexity index is 444. The van der Waals surface area contributed by atoms with Gasteiger partial charge in [0, 0.05) is 18.7 Å². The highest BCUT2D eigenvalue weighted by Crippen LogP contribution is 2.14. The summed E-state index contributed by atoms with van der Waals surface area (Å²) in [5.41, 5.74) is -0.463. The minimum atomic E-state index is -1.08. The molecule has 0 spiro atoms. The predicted molar refractivity (Wildman–Crippen MR) is 70.6 cm³/mol. The fourth-order valence-corrected chi connectivity index (χ4v) is 1.77. The number of benzene rings is 1. The Hall–Kier alpha value is -1.46. The molecule has 0 aromatic heterocycles. The Kier molecular flexibility index (Phi) is 5.44. The molecule has 19 heavy (non-hydrogen) atoms. The van der Waals surface area contributed by atoms with Crippen LogP contribution in [-0.2, 0) is 6.54 Å². The Labute approximate surface area is 112 Å². The van der Waals surface area contributed by atoms with Gasteiger partial charge in [-0.25, -0.2) is 9.18 Å². The summed E-state index contributed by atoms with van der Waals surface area (Å²) in [6.45, 7) is 4.31. The van der Waals surface area contributed by atoms with Gasteiger partial charge >= 0.3 is 5.97 Å². The SMILES string of the molecule is CCC(O)(CC)CNCc1cc(C(=O)O)ccc1F. The molecule has 0 saturated heterocycles. The second kappa shape index (κ2) is 6.63. The number of hydrogen-bond acceptors (Lipinski definition) is 3. The highest BCUT2D eigenvalue weighted by atomic mass is 19.1. The Morgan fingerprint density at radius 2 is 2.00 bits per heavy atom. The fourth-order valence-electron chi connectivity index (χ4n) is 1.77. The predicted octanol–water partition coefficient (Wildman–Crippen LogP) is 2.16. The summed E-state index contributed by atoms with van der Waals surface area (Å²) in [4.78, 5) is 10.8. The van der Waals surface area contributed by atoms with E-state index in [1.54, 1.807) is 0 Å². The maximum Gasteiger partial charge on any atom is 0.335 e. The van der Waals surface area contributed by atoms with Gasteiger partial charge in [-0.1, -0.05) is 13.8 Å². The number of halogens is 1. The highest BCUT2D eigenvalue weighted by molar-refractivity contribution is 5.87. The van der Waals surface area contributed by atoms with Gasteiger partial charge < -0.3 is 15.5 Å². The first-order chi connectivity index (χ1) is 8.91. The first-order valence-electron chi connectivity index (χ1n) is 6.36. The summed E-state index contributed by atoms with van der Waals surface area (Å²) in [5.74, 6) is -1.53. The van der Waals surface area contributed by atoms with Gasteiger partial charge in [0.2, 0.25) is 0 Å². The molecule has 0 bridgehead atoms. The minimum absolute atomic E-state index is 0.0550. The van der Waals surface area contributed by atoms with Gasteiger partial charge in [-0.3, -0.25) is 0 Å². The average Bonchev–Trinajstić information content (AvgIpc) is 2.40. The van der Waals surface area contributed by atoms with Crippen molar-refractivity contribution in [2.45, 2.75) is 38.8 Å². The minimum Gasteiger partial charge on any atom is -0.478 e. The second-order valence-electron chi connectivity index (χ2n) is 4.65. The molecule has 0 aliphatic heterocycles. The van der Waals surface area contributed by atoms with E-state index in [-0.39, 0.29) is 17.7 Å². The van der Waals surface area contributed by atoms with Gasteiger partial charge in [0.25, 0.3) is 0 Å². The monoisotopic (exact) mass is 269 g/mol. The average molecular weight is 269 g/mol. The molecule has 0 unspecified atom stereocenters. The smallest absolute Gasteiger partial charge is 0.335 e. The Morgan fingerprint density at radius 1 is 1.37 bits per heavy atom. The molecule has 0 saturated carbocycles. The van der Waals surface area contributed by atoms with Crippen molar-refractivity contribution in [3.05, 3.63) is 35.1 Å². The van der Waals surface area contributed by atoms with Gasteiger partial charge in [0.1, 0.15) is 5.82 Å². The Morgan fingerprint density at radius 3 is 2.53 bits per heavy atom. The topological polar surface area (TPSA) is 69.6 Å². The maximum absolute atomic E-state index is 13.5. The van der Waals surface area contributed by atoms with Crippen molar-refractivity contribution in [3.8, 4) is 0 Å². The second-order valence-corrected chi connectivity index (χ2v) is 4.65.